The van der Waals surface area contributed by atoms with Crippen LogP contribution in [0.4, 0.5) is 8.78 Å². The molecule has 4 heteroatoms. The summed E-state index contributed by atoms with van der Waals surface area (Å²) in [5.74, 6) is -1.76. The lowest BCUT2D eigenvalue weighted by Gasteiger charge is -2.14. The average molecular weight is 234 g/mol. The van der Waals surface area contributed by atoms with Crippen molar-refractivity contribution in [1.29, 1.82) is 0 Å². The Labute approximate surface area is 98.1 Å². The predicted molar refractivity (Wildman–Crippen MR) is 61.4 cm³/mol. The molecule has 0 saturated carbocycles. The van der Waals surface area contributed by atoms with E-state index in [1.165, 1.54) is 6.07 Å². The number of aromatic nitrogens is 1. The normalized spacial score (nSPS) is 12.5. The van der Waals surface area contributed by atoms with Crippen LogP contribution in [0.15, 0.2) is 36.7 Å². The largest absolute Gasteiger partial charge is 0.320 e. The van der Waals surface area contributed by atoms with Crippen molar-refractivity contribution >= 4 is 0 Å². The van der Waals surface area contributed by atoms with Crippen LogP contribution >= 0.6 is 0 Å². The maximum atomic E-state index is 13.1. The van der Waals surface area contributed by atoms with Crippen LogP contribution in [0.25, 0.3) is 0 Å². The third-order valence-electron chi connectivity index (χ3n) is 2.72. The Balaban J connectivity index is 2.40. The van der Waals surface area contributed by atoms with Gasteiger partial charge in [-0.2, -0.15) is 0 Å². The summed E-state index contributed by atoms with van der Waals surface area (Å²) in [4.78, 5) is 3.98. The fraction of sp³-hybridized carbons (Fsp3) is 0.154. The average Bonchev–Trinajstić information content (AvgIpc) is 2.32. The monoisotopic (exact) mass is 234 g/mol. The van der Waals surface area contributed by atoms with E-state index in [2.05, 4.69) is 4.98 Å². The highest BCUT2D eigenvalue weighted by Gasteiger charge is 2.13. The van der Waals surface area contributed by atoms with Gasteiger partial charge in [0.25, 0.3) is 0 Å². The number of nitrogens with two attached hydrogens (primary N) is 1. The lowest BCUT2D eigenvalue weighted by molar-refractivity contribution is 0.506. The molecule has 1 aromatic heterocycles. The topological polar surface area (TPSA) is 38.9 Å². The second kappa shape index (κ2) is 4.59. The number of hydrogen-bond acceptors (Lipinski definition) is 2. The van der Waals surface area contributed by atoms with Gasteiger partial charge in [-0.1, -0.05) is 6.07 Å². The minimum Gasteiger partial charge on any atom is -0.320 e. The van der Waals surface area contributed by atoms with Crippen molar-refractivity contribution in [3.05, 3.63) is 65.0 Å². The van der Waals surface area contributed by atoms with Gasteiger partial charge in [0.15, 0.2) is 11.6 Å². The predicted octanol–water partition coefficient (Wildman–Crippen LogP) is 2.72. The summed E-state index contributed by atoms with van der Waals surface area (Å²) in [5, 5.41) is 0. The summed E-state index contributed by atoms with van der Waals surface area (Å²) in [7, 11) is 0. The van der Waals surface area contributed by atoms with Crippen LogP contribution in [-0.2, 0) is 0 Å². The molecule has 0 fully saturated rings. The van der Waals surface area contributed by atoms with Crippen LogP contribution in [0.5, 0.6) is 0 Å². The van der Waals surface area contributed by atoms with Crippen molar-refractivity contribution < 1.29 is 8.78 Å². The van der Waals surface area contributed by atoms with Gasteiger partial charge in [-0.3, -0.25) is 4.98 Å². The lowest BCUT2D eigenvalue weighted by atomic mass is 9.97. The highest BCUT2D eigenvalue weighted by molar-refractivity contribution is 5.34. The summed E-state index contributed by atoms with van der Waals surface area (Å²) in [5.41, 5.74) is 8.31. The third-order valence-corrected chi connectivity index (χ3v) is 2.72. The van der Waals surface area contributed by atoms with Crippen LogP contribution in [0.2, 0.25) is 0 Å². The van der Waals surface area contributed by atoms with E-state index < -0.39 is 17.7 Å². The zero-order valence-corrected chi connectivity index (χ0v) is 9.32. The number of pyridine rings is 1. The molecule has 1 heterocycles. The van der Waals surface area contributed by atoms with E-state index in [4.69, 9.17) is 5.73 Å². The Bertz CT molecular complexity index is 541. The summed E-state index contributed by atoms with van der Waals surface area (Å²) >= 11 is 0. The van der Waals surface area contributed by atoms with Gasteiger partial charge in [-0.25, -0.2) is 8.78 Å². The number of nitrogens with zero attached hydrogens (tertiary/aromatic N) is 1. The molecular weight excluding hydrogens is 222 g/mol. The van der Waals surface area contributed by atoms with Gasteiger partial charge in [0.2, 0.25) is 0 Å². The molecular formula is C13H12F2N2. The highest BCUT2D eigenvalue weighted by atomic mass is 19.2. The molecule has 0 saturated heterocycles. The molecule has 2 nitrogen and oxygen atoms in total. The van der Waals surface area contributed by atoms with Crippen molar-refractivity contribution in [2.45, 2.75) is 13.0 Å². The van der Waals surface area contributed by atoms with Gasteiger partial charge in [0, 0.05) is 12.4 Å². The van der Waals surface area contributed by atoms with Crippen LogP contribution in [0, 0.1) is 18.6 Å². The first-order valence-corrected chi connectivity index (χ1v) is 5.20. The summed E-state index contributed by atoms with van der Waals surface area (Å²) in [6.45, 7) is 1.90. The second-order valence-electron chi connectivity index (χ2n) is 3.88. The van der Waals surface area contributed by atoms with Crippen molar-refractivity contribution in [2.24, 2.45) is 5.73 Å². The van der Waals surface area contributed by atoms with Crippen molar-refractivity contribution in [3.63, 3.8) is 0 Å². The summed E-state index contributed by atoms with van der Waals surface area (Å²) in [6, 6.07) is 5.01. The molecule has 0 aliphatic heterocycles. The van der Waals surface area contributed by atoms with E-state index in [9.17, 15) is 8.78 Å². The van der Waals surface area contributed by atoms with E-state index in [0.29, 0.717) is 5.56 Å². The van der Waals surface area contributed by atoms with Gasteiger partial charge < -0.3 is 5.73 Å². The molecule has 1 aromatic carbocycles. The number of benzene rings is 1. The third kappa shape index (κ3) is 2.31. The van der Waals surface area contributed by atoms with Crippen molar-refractivity contribution in [2.75, 3.05) is 0 Å². The molecule has 0 bridgehead atoms. The number of halogens is 2. The molecule has 1 atom stereocenters. The van der Waals surface area contributed by atoms with Crippen LogP contribution in [0.3, 0.4) is 0 Å². The molecule has 1 unspecified atom stereocenters. The molecule has 0 aliphatic rings. The first-order valence-electron chi connectivity index (χ1n) is 5.20. The SMILES string of the molecule is Cc1ccncc1C(N)c1ccc(F)c(F)c1. The van der Waals surface area contributed by atoms with E-state index in [-0.39, 0.29) is 0 Å². The van der Waals surface area contributed by atoms with Gasteiger partial charge in [-0.05, 0) is 41.8 Å². The van der Waals surface area contributed by atoms with Crippen LogP contribution < -0.4 is 5.73 Å². The molecule has 2 rings (SSSR count). The van der Waals surface area contributed by atoms with Crippen LogP contribution in [-0.4, -0.2) is 4.98 Å². The fourth-order valence-electron chi connectivity index (χ4n) is 1.69. The Morgan fingerprint density at radius 2 is 1.94 bits per heavy atom. The summed E-state index contributed by atoms with van der Waals surface area (Å²) in [6.07, 6.45) is 3.30. The van der Waals surface area contributed by atoms with Gasteiger partial charge in [0.05, 0.1) is 6.04 Å². The van der Waals surface area contributed by atoms with Gasteiger partial charge in [-0.15, -0.1) is 0 Å². The Kier molecular flexibility index (Phi) is 3.15. The Morgan fingerprint density at radius 1 is 1.18 bits per heavy atom. The zero-order chi connectivity index (χ0) is 12.4. The Morgan fingerprint density at radius 3 is 2.59 bits per heavy atom. The Hall–Kier alpha value is -1.81. The first-order chi connectivity index (χ1) is 8.09. The quantitative estimate of drug-likeness (QED) is 0.867. The van der Waals surface area contributed by atoms with E-state index >= 15 is 0 Å². The molecule has 2 aromatic rings. The minimum absolute atomic E-state index is 0.501. The van der Waals surface area contributed by atoms with Gasteiger partial charge >= 0.3 is 0 Å². The maximum Gasteiger partial charge on any atom is 0.159 e. The second-order valence-corrected chi connectivity index (χ2v) is 3.88. The van der Waals surface area contributed by atoms with Crippen LogP contribution in [0.1, 0.15) is 22.7 Å². The fourth-order valence-corrected chi connectivity index (χ4v) is 1.69. The van der Waals surface area contributed by atoms with Crippen molar-refractivity contribution in [3.8, 4) is 0 Å². The zero-order valence-electron chi connectivity index (χ0n) is 9.32. The molecule has 2 N–H and O–H groups in total. The number of hydrogen-bond donors (Lipinski definition) is 1. The van der Waals surface area contributed by atoms with E-state index in [1.54, 1.807) is 12.4 Å². The minimum atomic E-state index is -0.889. The lowest BCUT2D eigenvalue weighted by Crippen LogP contribution is -2.14. The molecule has 0 radical (unpaired) electrons. The molecule has 17 heavy (non-hydrogen) atoms. The van der Waals surface area contributed by atoms with Crippen molar-refractivity contribution in [1.82, 2.24) is 4.98 Å². The maximum absolute atomic E-state index is 13.1. The van der Waals surface area contributed by atoms with E-state index in [1.807, 2.05) is 13.0 Å². The molecule has 88 valence electrons. The highest BCUT2D eigenvalue weighted by Crippen LogP contribution is 2.22. The smallest absolute Gasteiger partial charge is 0.159 e. The standard InChI is InChI=1S/C13H12F2N2/c1-8-4-5-17-7-10(8)13(16)9-2-3-11(14)12(15)6-9/h2-7,13H,16H2,1H3. The first kappa shape index (κ1) is 11.7. The molecule has 0 spiro atoms. The van der Waals surface area contributed by atoms with Gasteiger partial charge in [0.1, 0.15) is 0 Å². The number of aryl methyl sites for hydroxylation is 1. The molecule has 0 aliphatic carbocycles. The summed E-state index contributed by atoms with van der Waals surface area (Å²) < 4.78 is 25.9. The van der Waals surface area contributed by atoms with E-state index in [0.717, 1.165) is 23.3 Å². The number of rotatable bonds is 2. The molecule has 0 amide bonds.